The normalized spacial score (nSPS) is 31.5. The molecule has 0 saturated carbocycles. The van der Waals surface area contributed by atoms with E-state index in [0.29, 0.717) is 11.2 Å². The predicted octanol–water partition coefficient (Wildman–Crippen LogP) is 0.860. The van der Waals surface area contributed by atoms with E-state index in [-0.39, 0.29) is 5.82 Å². The predicted molar refractivity (Wildman–Crippen MR) is 87.4 cm³/mol. The van der Waals surface area contributed by atoms with Crippen molar-refractivity contribution in [2.75, 3.05) is 12.3 Å². The monoisotopic (exact) mass is 375 g/mol. The molecule has 11 heteroatoms. The van der Waals surface area contributed by atoms with Gasteiger partial charge in [-0.1, -0.05) is 0 Å². The fraction of sp³-hybridized carbons (Fsp3) is 0.500. The number of nitrogens with two attached hydrogens (primary N) is 1. The molecule has 3 N–H and O–H groups in total. The molecule has 142 valence electrons. The summed E-state index contributed by atoms with van der Waals surface area (Å²) < 4.78 is 24.0. The lowest BCUT2D eigenvalue weighted by atomic mass is 9.96. The van der Waals surface area contributed by atoms with Crippen molar-refractivity contribution in [2.24, 2.45) is 0 Å². The number of carbonyl (C=O) groups is 1. The van der Waals surface area contributed by atoms with Gasteiger partial charge < -0.3 is 29.8 Å². The van der Waals surface area contributed by atoms with Crippen LogP contribution in [0.3, 0.4) is 0 Å². The molecular weight excluding hydrogens is 358 g/mol. The van der Waals surface area contributed by atoms with Crippen molar-refractivity contribution in [3.05, 3.63) is 24.2 Å². The average molecular weight is 375 g/mol. The third kappa shape index (κ3) is 2.66. The standard InChI is InChI=1S/C16H17N5O6/c1-15(2)25-11-10(8-3-4-9-13(18)19-7-20-21(8)9)26-16(5-17,12(11)27-15)6-24-14(22)23/h3-4,7,10-12H,6H2,1-2H3,(H,22,23)(H2,18,19,20)/t10-,11-,12-,16+/m0/s1. The molecule has 27 heavy (non-hydrogen) atoms. The molecule has 2 aromatic rings. The molecular formula is C16H17N5O6. The maximum absolute atomic E-state index is 10.9. The number of hydrogen-bond acceptors (Lipinski definition) is 9. The van der Waals surface area contributed by atoms with Crippen LogP contribution >= 0.6 is 0 Å². The van der Waals surface area contributed by atoms with E-state index in [2.05, 4.69) is 14.8 Å². The first kappa shape index (κ1) is 17.5. The number of ether oxygens (including phenoxy) is 4. The Bertz CT molecular complexity index is 952. The average Bonchev–Trinajstić information content (AvgIpc) is 3.24. The minimum Gasteiger partial charge on any atom is -0.450 e. The van der Waals surface area contributed by atoms with Gasteiger partial charge in [-0.2, -0.15) is 10.4 Å². The molecule has 0 unspecified atom stereocenters. The first-order chi connectivity index (χ1) is 12.8. The Balaban J connectivity index is 1.78. The number of carboxylic acid groups (broad SMARTS) is 1. The molecule has 11 nitrogen and oxygen atoms in total. The zero-order valence-corrected chi connectivity index (χ0v) is 14.5. The third-order valence-electron chi connectivity index (χ3n) is 4.63. The Labute approximate surface area is 153 Å². The van der Waals surface area contributed by atoms with E-state index in [1.54, 1.807) is 30.5 Å². The zero-order chi connectivity index (χ0) is 19.4. The van der Waals surface area contributed by atoms with Gasteiger partial charge in [0.25, 0.3) is 0 Å². The van der Waals surface area contributed by atoms with Gasteiger partial charge in [0.05, 0.1) is 5.69 Å². The third-order valence-corrected chi connectivity index (χ3v) is 4.63. The molecule has 0 spiro atoms. The number of anilines is 1. The van der Waals surface area contributed by atoms with Gasteiger partial charge in [-0.3, -0.25) is 0 Å². The van der Waals surface area contributed by atoms with Gasteiger partial charge in [-0.05, 0) is 26.0 Å². The molecule has 4 heterocycles. The molecule has 0 bridgehead atoms. The highest BCUT2D eigenvalue weighted by Crippen LogP contribution is 2.50. The lowest BCUT2D eigenvalue weighted by Gasteiger charge is -2.28. The Hall–Kier alpha value is -2.94. The first-order valence-electron chi connectivity index (χ1n) is 8.15. The quantitative estimate of drug-likeness (QED) is 0.738. The molecule has 4 atom stereocenters. The SMILES string of the molecule is CC1(C)O[C@H]2[C@H](c3ccc4c(N)ncnn34)O[C@](C#N)(COC(=O)O)[C@H]2O1. The minimum atomic E-state index is -1.66. The summed E-state index contributed by atoms with van der Waals surface area (Å²) >= 11 is 0. The van der Waals surface area contributed by atoms with Crippen molar-refractivity contribution in [3.8, 4) is 6.07 Å². The number of nitriles is 1. The van der Waals surface area contributed by atoms with Crippen molar-refractivity contribution < 1.29 is 28.8 Å². The van der Waals surface area contributed by atoms with E-state index < -0.39 is 42.5 Å². The summed E-state index contributed by atoms with van der Waals surface area (Å²) in [5.41, 5.74) is 5.35. The second-order valence-electron chi connectivity index (χ2n) is 6.82. The number of aromatic nitrogens is 3. The molecule has 2 fully saturated rings. The van der Waals surface area contributed by atoms with E-state index in [1.807, 2.05) is 6.07 Å². The Morgan fingerprint density at radius 2 is 2.22 bits per heavy atom. The molecule has 0 amide bonds. The first-order valence-corrected chi connectivity index (χ1v) is 8.15. The topological polar surface area (TPSA) is 154 Å². The fourth-order valence-electron chi connectivity index (χ4n) is 3.56. The molecule has 0 aliphatic carbocycles. The number of nitrogens with zero attached hydrogens (tertiary/aromatic N) is 4. The van der Waals surface area contributed by atoms with Crippen LogP contribution in [0.4, 0.5) is 10.6 Å². The van der Waals surface area contributed by atoms with Crippen LogP contribution in [0.25, 0.3) is 5.52 Å². The molecule has 4 rings (SSSR count). The van der Waals surface area contributed by atoms with Crippen molar-refractivity contribution in [3.63, 3.8) is 0 Å². The van der Waals surface area contributed by atoms with Gasteiger partial charge in [0.1, 0.15) is 42.8 Å². The van der Waals surface area contributed by atoms with E-state index >= 15 is 0 Å². The summed E-state index contributed by atoms with van der Waals surface area (Å²) in [7, 11) is 0. The molecule has 2 aliphatic heterocycles. The summed E-state index contributed by atoms with van der Waals surface area (Å²) in [6.45, 7) is 2.90. The fourth-order valence-corrected chi connectivity index (χ4v) is 3.56. The summed E-state index contributed by atoms with van der Waals surface area (Å²) in [5, 5.41) is 22.8. The van der Waals surface area contributed by atoms with Crippen LogP contribution in [0, 0.1) is 11.3 Å². The van der Waals surface area contributed by atoms with Crippen molar-refractivity contribution in [2.45, 2.75) is 43.5 Å². The molecule has 0 aromatic carbocycles. The second kappa shape index (κ2) is 5.78. The number of fused-ring (bicyclic) bond motifs is 2. The van der Waals surface area contributed by atoms with Crippen LogP contribution in [0.2, 0.25) is 0 Å². The highest BCUT2D eigenvalue weighted by Gasteiger charge is 2.65. The van der Waals surface area contributed by atoms with Crippen molar-refractivity contribution >= 4 is 17.5 Å². The van der Waals surface area contributed by atoms with Crippen molar-refractivity contribution in [1.29, 1.82) is 5.26 Å². The summed E-state index contributed by atoms with van der Waals surface area (Å²) in [6, 6.07) is 5.48. The van der Waals surface area contributed by atoms with Crippen LogP contribution in [0.5, 0.6) is 0 Å². The minimum absolute atomic E-state index is 0.287. The maximum atomic E-state index is 10.9. The van der Waals surface area contributed by atoms with Crippen LogP contribution in [-0.4, -0.2) is 56.1 Å². The van der Waals surface area contributed by atoms with Gasteiger partial charge in [0.15, 0.2) is 11.6 Å². The Morgan fingerprint density at radius 1 is 1.44 bits per heavy atom. The van der Waals surface area contributed by atoms with Gasteiger partial charge in [0.2, 0.25) is 5.60 Å². The number of hydrogen-bond donors (Lipinski definition) is 2. The van der Waals surface area contributed by atoms with Gasteiger partial charge >= 0.3 is 6.16 Å². The number of nitrogen functional groups attached to an aromatic ring is 1. The van der Waals surface area contributed by atoms with Gasteiger partial charge in [0, 0.05) is 0 Å². The zero-order valence-electron chi connectivity index (χ0n) is 14.5. The van der Waals surface area contributed by atoms with E-state index in [1.165, 1.54) is 6.33 Å². The van der Waals surface area contributed by atoms with Gasteiger partial charge in [-0.25, -0.2) is 14.3 Å². The second-order valence-corrected chi connectivity index (χ2v) is 6.82. The van der Waals surface area contributed by atoms with Crippen LogP contribution in [0.15, 0.2) is 18.5 Å². The smallest absolute Gasteiger partial charge is 0.450 e. The highest BCUT2D eigenvalue weighted by molar-refractivity contribution is 5.65. The van der Waals surface area contributed by atoms with E-state index in [4.69, 9.17) is 25.1 Å². The molecule has 2 aliphatic rings. The van der Waals surface area contributed by atoms with Crippen LogP contribution in [-0.2, 0) is 18.9 Å². The highest BCUT2D eigenvalue weighted by atomic mass is 16.8. The lowest BCUT2D eigenvalue weighted by Crippen LogP contribution is -2.46. The number of rotatable bonds is 3. The van der Waals surface area contributed by atoms with E-state index in [9.17, 15) is 10.1 Å². The maximum Gasteiger partial charge on any atom is 0.505 e. The van der Waals surface area contributed by atoms with Gasteiger partial charge in [-0.15, -0.1) is 0 Å². The molecule has 2 aromatic heterocycles. The van der Waals surface area contributed by atoms with Crippen LogP contribution in [0.1, 0.15) is 25.6 Å². The lowest BCUT2D eigenvalue weighted by molar-refractivity contribution is -0.205. The largest absolute Gasteiger partial charge is 0.505 e. The summed E-state index contributed by atoms with van der Waals surface area (Å²) in [6.07, 6.45) is -2.50. The van der Waals surface area contributed by atoms with Crippen LogP contribution < -0.4 is 5.73 Å². The molecule has 0 radical (unpaired) electrons. The van der Waals surface area contributed by atoms with Crippen molar-refractivity contribution in [1.82, 2.24) is 14.6 Å². The Morgan fingerprint density at radius 3 is 2.93 bits per heavy atom. The van der Waals surface area contributed by atoms with E-state index in [0.717, 1.165) is 0 Å². The summed E-state index contributed by atoms with van der Waals surface area (Å²) in [5.74, 6) is -0.695. The Kier molecular flexibility index (Phi) is 3.74. The summed E-state index contributed by atoms with van der Waals surface area (Å²) in [4.78, 5) is 14.8. The molecule has 2 saturated heterocycles.